The van der Waals surface area contributed by atoms with E-state index in [1.165, 1.54) is 0 Å². The molecule has 0 saturated carbocycles. The van der Waals surface area contributed by atoms with E-state index in [2.05, 4.69) is 94.7 Å². The second-order valence-electron chi connectivity index (χ2n) is 13.0. The van der Waals surface area contributed by atoms with Crippen LogP contribution in [0.1, 0.15) is 0 Å². The van der Waals surface area contributed by atoms with Crippen LogP contribution < -0.4 is 9.80 Å². The van der Waals surface area contributed by atoms with Gasteiger partial charge in [0.25, 0.3) is 0 Å². The van der Waals surface area contributed by atoms with Crippen LogP contribution >= 0.6 is 11.3 Å². The minimum atomic E-state index is 0.717. The zero-order valence-electron chi connectivity index (χ0n) is 28.0. The number of nitrogens with zero attached hydrogens (tertiary/aromatic N) is 5. The number of fused-ring (bicyclic) bond motifs is 9. The topological polar surface area (TPSA) is 71.4 Å². The van der Waals surface area contributed by atoms with Gasteiger partial charge in [-0.25, -0.2) is 0 Å². The van der Waals surface area contributed by atoms with Crippen LogP contribution in [0.3, 0.4) is 0 Å². The van der Waals surface area contributed by atoms with Gasteiger partial charge in [-0.2, -0.15) is 0 Å². The summed E-state index contributed by atoms with van der Waals surface area (Å²) in [6, 6.07) is 53.9. The summed E-state index contributed by atoms with van der Waals surface area (Å²) in [5.74, 6) is 0.717. The maximum Gasteiger partial charge on any atom is 0.161 e. The Labute approximate surface area is 306 Å². The van der Waals surface area contributed by atoms with Crippen molar-refractivity contribution in [3.63, 3.8) is 0 Å². The maximum atomic E-state index is 6.16. The lowest BCUT2D eigenvalue weighted by Crippen LogP contribution is -2.12. The van der Waals surface area contributed by atoms with Crippen molar-refractivity contribution in [3.05, 3.63) is 164 Å². The van der Waals surface area contributed by atoms with Gasteiger partial charge in [0.05, 0.1) is 21.3 Å². The van der Waals surface area contributed by atoms with Crippen LogP contribution in [0, 0.1) is 0 Å². The molecule has 0 N–H and O–H groups in total. The third-order valence-corrected chi connectivity index (χ3v) is 10.8. The van der Waals surface area contributed by atoms with Crippen molar-refractivity contribution in [2.24, 2.45) is 0 Å². The Bertz CT molecular complexity index is 2940. The Kier molecular flexibility index (Phi) is 6.59. The number of furan rings is 2. The van der Waals surface area contributed by atoms with Gasteiger partial charge in [0.1, 0.15) is 33.4 Å². The first-order chi connectivity index (χ1) is 26.2. The third kappa shape index (κ3) is 4.84. The summed E-state index contributed by atoms with van der Waals surface area (Å²) < 4.78 is 14.3. The van der Waals surface area contributed by atoms with E-state index in [4.69, 9.17) is 24.0 Å². The molecule has 0 atom stereocenters. The molecular weight excluding hydrogens is 675 g/mol. The van der Waals surface area contributed by atoms with Crippen LogP contribution in [0.5, 0.6) is 0 Å². The Hall–Kier alpha value is -7.03. The maximum absolute atomic E-state index is 6.16. The SMILES string of the molecule is c1ccc(N(c2cnc3c(c2)sc2cc(N(c4ccccc4)c4ccc5oc6ccccc6c5c4)nnc23)c2ccc3oc4ccccc4c3c2)cc1. The molecule has 0 aliphatic heterocycles. The van der Waals surface area contributed by atoms with Crippen molar-refractivity contribution in [2.75, 3.05) is 9.80 Å². The van der Waals surface area contributed by atoms with E-state index < -0.39 is 0 Å². The molecule has 5 aromatic heterocycles. The first-order valence-corrected chi connectivity index (χ1v) is 18.2. The van der Waals surface area contributed by atoms with E-state index in [-0.39, 0.29) is 0 Å². The van der Waals surface area contributed by atoms with Gasteiger partial charge in [-0.3, -0.25) is 9.88 Å². The van der Waals surface area contributed by atoms with Gasteiger partial charge in [0, 0.05) is 50.4 Å². The first-order valence-electron chi connectivity index (χ1n) is 17.3. The molecule has 0 amide bonds. The van der Waals surface area contributed by atoms with E-state index in [0.717, 1.165) is 92.7 Å². The standard InChI is InChI=1S/C45H27N5O2S/c1-3-11-28(12-4-1)49(30-19-21-39-35(23-30)33-15-7-9-17-37(33)51-39)32-25-41-44(46-27-32)45-42(53-41)26-43(47-48-45)50(29-13-5-2-6-14-29)31-20-22-40-36(24-31)34-16-8-10-18-38(34)52-40/h1-27H. The molecule has 53 heavy (non-hydrogen) atoms. The molecule has 0 aliphatic carbocycles. The number of pyridine rings is 1. The normalized spacial score (nSPS) is 11.8. The molecule has 0 aliphatic rings. The summed E-state index contributed by atoms with van der Waals surface area (Å²) in [6.45, 7) is 0. The van der Waals surface area contributed by atoms with Crippen LogP contribution in [-0.2, 0) is 0 Å². The van der Waals surface area contributed by atoms with Gasteiger partial charge < -0.3 is 13.7 Å². The minimum absolute atomic E-state index is 0.717. The van der Waals surface area contributed by atoms with E-state index in [9.17, 15) is 0 Å². The number of hydrogen-bond donors (Lipinski definition) is 0. The molecule has 250 valence electrons. The number of anilines is 6. The molecule has 6 aromatic carbocycles. The number of hydrogen-bond acceptors (Lipinski definition) is 8. The average Bonchev–Trinajstić information content (AvgIpc) is 3.89. The molecule has 11 rings (SSSR count). The molecule has 11 aromatic rings. The predicted molar refractivity (Wildman–Crippen MR) is 217 cm³/mol. The summed E-state index contributed by atoms with van der Waals surface area (Å²) in [5.41, 5.74) is 9.99. The lowest BCUT2D eigenvalue weighted by Gasteiger charge is -2.25. The summed E-state index contributed by atoms with van der Waals surface area (Å²) >= 11 is 1.67. The Morgan fingerprint density at radius 3 is 1.57 bits per heavy atom. The van der Waals surface area contributed by atoms with E-state index in [1.807, 2.05) is 79.0 Å². The molecule has 0 radical (unpaired) electrons. The van der Waals surface area contributed by atoms with Crippen molar-refractivity contribution in [3.8, 4) is 0 Å². The van der Waals surface area contributed by atoms with Crippen molar-refractivity contribution >= 4 is 110 Å². The van der Waals surface area contributed by atoms with E-state index in [1.54, 1.807) is 11.3 Å². The molecule has 0 fully saturated rings. The highest BCUT2D eigenvalue weighted by Crippen LogP contribution is 2.43. The zero-order chi connectivity index (χ0) is 34.9. The molecular formula is C45H27N5O2S. The monoisotopic (exact) mass is 701 g/mol. The lowest BCUT2D eigenvalue weighted by atomic mass is 10.1. The van der Waals surface area contributed by atoms with Crippen LogP contribution in [0.2, 0.25) is 0 Å². The van der Waals surface area contributed by atoms with E-state index >= 15 is 0 Å². The van der Waals surface area contributed by atoms with Crippen molar-refractivity contribution < 1.29 is 8.83 Å². The Balaban J connectivity index is 1.04. The number of para-hydroxylation sites is 4. The molecule has 0 spiro atoms. The molecule has 0 unspecified atom stereocenters. The minimum Gasteiger partial charge on any atom is -0.456 e. The quantitative estimate of drug-likeness (QED) is 0.171. The van der Waals surface area contributed by atoms with Gasteiger partial charge in [0.2, 0.25) is 0 Å². The zero-order valence-corrected chi connectivity index (χ0v) is 28.9. The lowest BCUT2D eigenvalue weighted by molar-refractivity contribution is 0.668. The summed E-state index contributed by atoms with van der Waals surface area (Å²) in [7, 11) is 0. The molecule has 5 heterocycles. The third-order valence-electron chi connectivity index (χ3n) is 9.78. The Morgan fingerprint density at radius 2 is 0.925 bits per heavy atom. The number of benzene rings is 6. The van der Waals surface area contributed by atoms with Crippen LogP contribution in [0.4, 0.5) is 34.3 Å². The summed E-state index contributed by atoms with van der Waals surface area (Å²) in [5, 5.41) is 13.9. The fraction of sp³-hybridized carbons (Fsp3) is 0. The van der Waals surface area contributed by atoms with Crippen molar-refractivity contribution in [2.45, 2.75) is 0 Å². The molecule has 0 bridgehead atoms. The number of thiophene rings is 1. The molecule has 8 heteroatoms. The van der Waals surface area contributed by atoms with Crippen LogP contribution in [0.25, 0.3) is 64.3 Å². The van der Waals surface area contributed by atoms with Gasteiger partial charge >= 0.3 is 0 Å². The van der Waals surface area contributed by atoms with E-state index in [0.29, 0.717) is 5.82 Å². The first kappa shape index (κ1) is 29.7. The largest absolute Gasteiger partial charge is 0.456 e. The fourth-order valence-electron chi connectivity index (χ4n) is 7.37. The van der Waals surface area contributed by atoms with Gasteiger partial charge in [0.15, 0.2) is 5.82 Å². The number of aromatic nitrogens is 3. The molecule has 0 saturated heterocycles. The highest BCUT2D eigenvalue weighted by atomic mass is 32.1. The summed E-state index contributed by atoms with van der Waals surface area (Å²) in [4.78, 5) is 9.40. The van der Waals surface area contributed by atoms with Gasteiger partial charge in [-0.15, -0.1) is 21.5 Å². The highest BCUT2D eigenvalue weighted by molar-refractivity contribution is 7.25. The van der Waals surface area contributed by atoms with Gasteiger partial charge in [-0.05, 0) is 78.9 Å². The van der Waals surface area contributed by atoms with Crippen molar-refractivity contribution in [1.82, 2.24) is 15.2 Å². The fourth-order valence-corrected chi connectivity index (χ4v) is 8.43. The second-order valence-corrected chi connectivity index (χ2v) is 14.0. The van der Waals surface area contributed by atoms with Crippen molar-refractivity contribution in [1.29, 1.82) is 0 Å². The van der Waals surface area contributed by atoms with Crippen LogP contribution in [-0.4, -0.2) is 15.2 Å². The summed E-state index contributed by atoms with van der Waals surface area (Å²) in [6.07, 6.45) is 1.93. The molecule has 7 nitrogen and oxygen atoms in total. The predicted octanol–water partition coefficient (Wildman–Crippen LogP) is 13.0. The number of rotatable bonds is 6. The second kappa shape index (κ2) is 11.8. The Morgan fingerprint density at radius 1 is 0.396 bits per heavy atom. The van der Waals surface area contributed by atoms with Gasteiger partial charge in [-0.1, -0.05) is 72.8 Å². The highest BCUT2D eigenvalue weighted by Gasteiger charge is 2.21. The average molecular weight is 702 g/mol. The van der Waals surface area contributed by atoms with Crippen LogP contribution in [0.15, 0.2) is 173 Å². The smallest absolute Gasteiger partial charge is 0.161 e.